The minimum atomic E-state index is 0.661. The van der Waals surface area contributed by atoms with Gasteiger partial charge in [-0.25, -0.2) is 0 Å². The molecule has 0 fully saturated rings. The summed E-state index contributed by atoms with van der Waals surface area (Å²) in [5.74, 6) is 0.830. The summed E-state index contributed by atoms with van der Waals surface area (Å²) in [7, 11) is 0. The molecule has 0 N–H and O–H groups in total. The zero-order valence-electron chi connectivity index (χ0n) is 7.96. The lowest BCUT2D eigenvalue weighted by Crippen LogP contribution is -1.91. The smallest absolute Gasteiger partial charge is 0.121 e. The molecule has 0 aliphatic rings. The molecule has 14 heavy (non-hydrogen) atoms. The Kier molecular flexibility index (Phi) is 2.60. The molecule has 2 aromatic carbocycles. The highest BCUT2D eigenvalue weighted by Crippen LogP contribution is 2.28. The summed E-state index contributed by atoms with van der Waals surface area (Å²) in [5, 5.41) is 2.92. The lowest BCUT2D eigenvalue weighted by Gasteiger charge is -2.06. The van der Waals surface area contributed by atoms with Gasteiger partial charge < -0.3 is 4.74 Å². The fraction of sp³-hybridized carbons (Fsp3) is 0.167. The van der Waals surface area contributed by atoms with Gasteiger partial charge >= 0.3 is 0 Å². The maximum atomic E-state index is 6.12. The van der Waals surface area contributed by atoms with Crippen LogP contribution in [0.5, 0.6) is 5.75 Å². The van der Waals surface area contributed by atoms with Crippen LogP contribution in [-0.4, -0.2) is 6.61 Å². The van der Waals surface area contributed by atoms with Crippen molar-refractivity contribution >= 4 is 22.4 Å². The first kappa shape index (κ1) is 9.35. The molecule has 0 amide bonds. The van der Waals surface area contributed by atoms with Crippen LogP contribution in [-0.2, 0) is 0 Å². The Bertz CT molecular complexity index is 451. The van der Waals surface area contributed by atoms with Crippen molar-refractivity contribution in [3.05, 3.63) is 41.4 Å². The minimum absolute atomic E-state index is 0.661. The van der Waals surface area contributed by atoms with E-state index in [0.717, 1.165) is 21.5 Å². The van der Waals surface area contributed by atoms with Gasteiger partial charge in [0.1, 0.15) is 5.75 Å². The quantitative estimate of drug-likeness (QED) is 0.725. The first-order valence-corrected chi connectivity index (χ1v) is 5.00. The Morgan fingerprint density at radius 2 is 2.00 bits per heavy atom. The molecule has 0 saturated carbocycles. The number of ether oxygens (including phenoxy) is 1. The molecule has 72 valence electrons. The average molecular weight is 207 g/mol. The first-order valence-electron chi connectivity index (χ1n) is 4.62. The second kappa shape index (κ2) is 3.89. The van der Waals surface area contributed by atoms with Crippen molar-refractivity contribution in [1.29, 1.82) is 0 Å². The van der Waals surface area contributed by atoms with E-state index < -0.39 is 0 Å². The SMILES string of the molecule is CCOc1cc(Cl)c2ccccc2c1. The van der Waals surface area contributed by atoms with Crippen molar-refractivity contribution in [2.75, 3.05) is 6.61 Å². The largest absolute Gasteiger partial charge is 0.494 e. The molecule has 0 spiro atoms. The molecule has 0 heterocycles. The molecule has 2 rings (SSSR count). The van der Waals surface area contributed by atoms with E-state index in [4.69, 9.17) is 16.3 Å². The van der Waals surface area contributed by atoms with E-state index in [1.165, 1.54) is 0 Å². The van der Waals surface area contributed by atoms with Crippen LogP contribution in [0.3, 0.4) is 0 Å². The van der Waals surface area contributed by atoms with Gasteiger partial charge in [0.25, 0.3) is 0 Å². The minimum Gasteiger partial charge on any atom is -0.494 e. The van der Waals surface area contributed by atoms with Gasteiger partial charge in [0.05, 0.1) is 11.6 Å². The second-order valence-corrected chi connectivity index (χ2v) is 3.47. The van der Waals surface area contributed by atoms with Crippen molar-refractivity contribution in [1.82, 2.24) is 0 Å². The van der Waals surface area contributed by atoms with Gasteiger partial charge in [-0.3, -0.25) is 0 Å². The Morgan fingerprint density at radius 1 is 1.21 bits per heavy atom. The second-order valence-electron chi connectivity index (χ2n) is 3.06. The van der Waals surface area contributed by atoms with Gasteiger partial charge in [-0.1, -0.05) is 35.9 Å². The number of rotatable bonds is 2. The van der Waals surface area contributed by atoms with Gasteiger partial charge in [-0.05, 0) is 24.4 Å². The highest BCUT2D eigenvalue weighted by molar-refractivity contribution is 6.35. The van der Waals surface area contributed by atoms with E-state index in [1.54, 1.807) is 0 Å². The van der Waals surface area contributed by atoms with Crippen molar-refractivity contribution in [3.63, 3.8) is 0 Å². The highest BCUT2D eigenvalue weighted by atomic mass is 35.5. The molecule has 0 saturated heterocycles. The predicted molar refractivity (Wildman–Crippen MR) is 60.1 cm³/mol. The fourth-order valence-electron chi connectivity index (χ4n) is 1.49. The third-order valence-electron chi connectivity index (χ3n) is 2.10. The van der Waals surface area contributed by atoms with Crippen LogP contribution in [0.25, 0.3) is 10.8 Å². The number of benzene rings is 2. The predicted octanol–water partition coefficient (Wildman–Crippen LogP) is 3.89. The van der Waals surface area contributed by atoms with Crippen molar-refractivity contribution in [2.24, 2.45) is 0 Å². The van der Waals surface area contributed by atoms with E-state index in [2.05, 4.69) is 0 Å². The summed E-state index contributed by atoms with van der Waals surface area (Å²) in [6, 6.07) is 11.9. The Balaban J connectivity index is 2.60. The van der Waals surface area contributed by atoms with Crippen molar-refractivity contribution in [2.45, 2.75) is 6.92 Å². The maximum absolute atomic E-state index is 6.12. The molecular formula is C12H11ClO. The van der Waals surface area contributed by atoms with Crippen LogP contribution in [0.15, 0.2) is 36.4 Å². The van der Waals surface area contributed by atoms with Crippen molar-refractivity contribution in [3.8, 4) is 5.75 Å². The molecule has 0 bridgehead atoms. The van der Waals surface area contributed by atoms with Gasteiger partial charge in [0.2, 0.25) is 0 Å². The normalized spacial score (nSPS) is 10.4. The summed E-state index contributed by atoms with van der Waals surface area (Å²) in [4.78, 5) is 0. The van der Waals surface area contributed by atoms with Crippen molar-refractivity contribution < 1.29 is 4.74 Å². The molecule has 0 radical (unpaired) electrons. The Labute approximate surface area is 88.3 Å². The van der Waals surface area contributed by atoms with Crippen LogP contribution < -0.4 is 4.74 Å². The van der Waals surface area contributed by atoms with Gasteiger partial charge in [-0.2, -0.15) is 0 Å². The van der Waals surface area contributed by atoms with E-state index in [-0.39, 0.29) is 0 Å². The maximum Gasteiger partial charge on any atom is 0.121 e. The third kappa shape index (κ3) is 1.68. The number of halogens is 1. The summed E-state index contributed by atoms with van der Waals surface area (Å²) in [5.41, 5.74) is 0. The zero-order valence-corrected chi connectivity index (χ0v) is 8.71. The first-order chi connectivity index (χ1) is 6.81. The molecule has 2 aromatic rings. The van der Waals surface area contributed by atoms with Crippen LogP contribution in [0.1, 0.15) is 6.92 Å². The van der Waals surface area contributed by atoms with E-state index >= 15 is 0 Å². The standard InChI is InChI=1S/C12H11ClO/c1-2-14-10-7-9-5-3-4-6-11(9)12(13)8-10/h3-8H,2H2,1H3. The van der Waals surface area contributed by atoms with Crippen LogP contribution >= 0.6 is 11.6 Å². The van der Waals surface area contributed by atoms with Crippen LogP contribution in [0.2, 0.25) is 5.02 Å². The van der Waals surface area contributed by atoms with Gasteiger partial charge in [0.15, 0.2) is 0 Å². The van der Waals surface area contributed by atoms with Gasteiger partial charge in [-0.15, -0.1) is 0 Å². The third-order valence-corrected chi connectivity index (χ3v) is 2.41. The lowest BCUT2D eigenvalue weighted by atomic mass is 10.1. The molecule has 0 aromatic heterocycles. The number of hydrogen-bond donors (Lipinski definition) is 0. The monoisotopic (exact) mass is 206 g/mol. The molecule has 2 heteroatoms. The molecule has 1 nitrogen and oxygen atoms in total. The lowest BCUT2D eigenvalue weighted by molar-refractivity contribution is 0.341. The van der Waals surface area contributed by atoms with Gasteiger partial charge in [0, 0.05) is 5.39 Å². The molecule has 0 aliphatic carbocycles. The molecule has 0 aliphatic heterocycles. The Hall–Kier alpha value is -1.21. The summed E-state index contributed by atoms with van der Waals surface area (Å²) in [6.07, 6.45) is 0. The van der Waals surface area contributed by atoms with Crippen LogP contribution in [0, 0.1) is 0 Å². The van der Waals surface area contributed by atoms with Crippen LogP contribution in [0.4, 0.5) is 0 Å². The Morgan fingerprint density at radius 3 is 2.79 bits per heavy atom. The molecule has 0 unspecified atom stereocenters. The van der Waals surface area contributed by atoms with E-state index in [0.29, 0.717) is 6.61 Å². The number of hydrogen-bond acceptors (Lipinski definition) is 1. The fourth-order valence-corrected chi connectivity index (χ4v) is 1.77. The van der Waals surface area contributed by atoms with E-state index in [1.807, 2.05) is 43.3 Å². The summed E-state index contributed by atoms with van der Waals surface area (Å²) in [6.45, 7) is 2.62. The average Bonchev–Trinajstić information content (AvgIpc) is 2.18. The number of fused-ring (bicyclic) bond motifs is 1. The molecule has 0 atom stereocenters. The zero-order chi connectivity index (χ0) is 9.97. The van der Waals surface area contributed by atoms with E-state index in [9.17, 15) is 0 Å². The summed E-state index contributed by atoms with van der Waals surface area (Å²) < 4.78 is 5.41. The topological polar surface area (TPSA) is 9.23 Å². The molecular weight excluding hydrogens is 196 g/mol. The highest BCUT2D eigenvalue weighted by Gasteiger charge is 2.01. The summed E-state index contributed by atoms with van der Waals surface area (Å²) >= 11 is 6.12.